The Labute approximate surface area is 349 Å². The van der Waals surface area contributed by atoms with Gasteiger partial charge in [0, 0.05) is 57.4 Å². The maximum Gasteiger partial charge on any atom is 0.267 e. The first-order valence-corrected chi connectivity index (χ1v) is 21.8. The molecule has 0 saturated carbocycles. The van der Waals surface area contributed by atoms with E-state index in [1.54, 1.807) is 12.3 Å². The Morgan fingerprint density at radius 3 is 2.31 bits per heavy atom. The summed E-state index contributed by atoms with van der Waals surface area (Å²) in [6.07, 6.45) is 8.78. The fourth-order valence-electron chi connectivity index (χ4n) is 8.93. The number of nitrogens with one attached hydrogen (secondary N) is 3. The topological polar surface area (TPSA) is 139 Å². The van der Waals surface area contributed by atoms with Crippen molar-refractivity contribution >= 4 is 68.8 Å². The molecule has 4 aromatic rings. The summed E-state index contributed by atoms with van der Waals surface area (Å²) in [6.45, 7) is 14.4. The summed E-state index contributed by atoms with van der Waals surface area (Å²) in [7, 11) is 0. The molecule has 4 aliphatic heterocycles. The van der Waals surface area contributed by atoms with Crippen LogP contribution in [0.2, 0.25) is 5.02 Å². The van der Waals surface area contributed by atoms with E-state index in [1.807, 2.05) is 32.0 Å². The van der Waals surface area contributed by atoms with Gasteiger partial charge in [0.1, 0.15) is 22.3 Å². The number of likely N-dealkylation sites (tertiary alicyclic amines) is 1. The van der Waals surface area contributed by atoms with E-state index >= 15 is 0 Å². The van der Waals surface area contributed by atoms with E-state index in [1.165, 1.54) is 62.2 Å². The number of nitrogens with zero attached hydrogens (tertiary/aromatic N) is 7. The number of piperazine rings is 1. The molecule has 1 atom stereocenters. The Morgan fingerprint density at radius 1 is 0.897 bits per heavy atom. The van der Waals surface area contributed by atoms with Gasteiger partial charge >= 0.3 is 0 Å². The molecule has 2 aromatic carbocycles. The summed E-state index contributed by atoms with van der Waals surface area (Å²) in [6, 6.07) is 15.9. The summed E-state index contributed by atoms with van der Waals surface area (Å²) in [5, 5.41) is 9.75. The third kappa shape index (κ3) is 9.46. The molecule has 13 nitrogen and oxygen atoms in total. The number of carbonyl (C=O) groups is 3. The van der Waals surface area contributed by atoms with Crippen LogP contribution in [0.25, 0.3) is 0 Å². The van der Waals surface area contributed by atoms with Crippen LogP contribution in [0.3, 0.4) is 0 Å². The van der Waals surface area contributed by atoms with Crippen LogP contribution in [-0.4, -0.2) is 108 Å². The number of aryl methyl sites for hydroxylation is 2. The van der Waals surface area contributed by atoms with Gasteiger partial charge in [0.2, 0.25) is 11.8 Å². The minimum Gasteiger partial charge on any atom is -0.371 e. The normalized spacial score (nSPS) is 20.3. The van der Waals surface area contributed by atoms with Crippen molar-refractivity contribution in [2.24, 2.45) is 5.41 Å². The van der Waals surface area contributed by atoms with Crippen LogP contribution in [0, 0.1) is 19.3 Å². The van der Waals surface area contributed by atoms with E-state index < -0.39 is 0 Å². The van der Waals surface area contributed by atoms with Gasteiger partial charge in [0.25, 0.3) is 5.91 Å². The smallest absolute Gasteiger partial charge is 0.267 e. The van der Waals surface area contributed by atoms with Crippen LogP contribution < -0.4 is 25.8 Å². The molecule has 3 N–H and O–H groups in total. The standard InChI is InChI=1S/C43H53ClN10O3S/c1-29-5-3-6-34(44)39(29)50-41(57)35-28-45-42(58-35)48-36-27-37(47-30(2)46-36)54-25-23-52(24-26-54)18-4-17-51-19-13-43(14-20-51)15-21-53(22-16-43)32-9-7-31(8-10-32)33-11-12-38(55)49-40(33)56/h3,5-10,27-28,33H,4,11-26H2,1-2H3,(H,50,57)(H,49,55,56)(H,45,46,47,48). The lowest BCUT2D eigenvalue weighted by atomic mass is 9.71. The van der Waals surface area contributed by atoms with Gasteiger partial charge in [0.15, 0.2) is 5.13 Å². The minimum absolute atomic E-state index is 0.169. The zero-order chi connectivity index (χ0) is 40.2. The van der Waals surface area contributed by atoms with E-state index in [2.05, 4.69) is 69.8 Å². The van der Waals surface area contributed by atoms with Crippen molar-refractivity contribution in [1.29, 1.82) is 0 Å². The van der Waals surface area contributed by atoms with Crippen LogP contribution in [0.1, 0.15) is 77.5 Å². The highest BCUT2D eigenvalue weighted by molar-refractivity contribution is 7.17. The second kappa shape index (κ2) is 17.7. The van der Waals surface area contributed by atoms with Crippen molar-refractivity contribution in [3.05, 3.63) is 81.6 Å². The SMILES string of the molecule is Cc1nc(Nc2ncc(C(=O)Nc3c(C)cccc3Cl)s2)cc(N2CCN(CCCN3CCC4(CC3)CCN(c3ccc(C5CCC(=O)NC5=O)cc3)CC4)CC2)n1. The number of aromatic nitrogens is 3. The van der Waals surface area contributed by atoms with Crippen LogP contribution in [0.5, 0.6) is 0 Å². The molecule has 306 valence electrons. The van der Waals surface area contributed by atoms with Crippen molar-refractivity contribution in [2.75, 3.05) is 85.9 Å². The summed E-state index contributed by atoms with van der Waals surface area (Å²) < 4.78 is 0. The van der Waals surface area contributed by atoms with Gasteiger partial charge in [0.05, 0.1) is 22.8 Å². The quantitative estimate of drug-likeness (QED) is 0.141. The maximum absolute atomic E-state index is 12.9. The van der Waals surface area contributed by atoms with E-state index in [9.17, 15) is 14.4 Å². The molecule has 1 spiro atoms. The average Bonchev–Trinajstić information content (AvgIpc) is 3.69. The molecule has 0 bridgehead atoms. The third-order valence-corrected chi connectivity index (χ3v) is 13.8. The maximum atomic E-state index is 12.9. The van der Waals surface area contributed by atoms with Crippen LogP contribution in [0.4, 0.5) is 28.1 Å². The Kier molecular flexibility index (Phi) is 12.3. The molecule has 6 heterocycles. The van der Waals surface area contributed by atoms with Crippen LogP contribution in [-0.2, 0) is 9.59 Å². The number of para-hydroxylation sites is 1. The molecule has 15 heteroatoms. The highest BCUT2D eigenvalue weighted by Crippen LogP contribution is 2.42. The number of thiazole rings is 1. The Morgan fingerprint density at radius 2 is 1.60 bits per heavy atom. The second-order valence-corrected chi connectivity index (χ2v) is 17.7. The van der Waals surface area contributed by atoms with Gasteiger partial charge in [-0.2, -0.15) is 0 Å². The predicted octanol–water partition coefficient (Wildman–Crippen LogP) is 6.61. The number of piperidine rings is 3. The number of imide groups is 1. The highest BCUT2D eigenvalue weighted by Gasteiger charge is 2.38. The number of halogens is 1. The summed E-state index contributed by atoms with van der Waals surface area (Å²) in [4.78, 5) is 61.2. The molecule has 1 unspecified atom stereocenters. The van der Waals surface area contributed by atoms with Gasteiger partial charge in [-0.1, -0.05) is 47.2 Å². The van der Waals surface area contributed by atoms with E-state index in [-0.39, 0.29) is 23.6 Å². The third-order valence-electron chi connectivity index (χ3n) is 12.5. The summed E-state index contributed by atoms with van der Waals surface area (Å²) in [5.74, 6) is 1.40. The lowest BCUT2D eigenvalue weighted by Gasteiger charge is -2.47. The number of rotatable bonds is 11. The zero-order valence-electron chi connectivity index (χ0n) is 33.4. The molecule has 0 aliphatic carbocycles. The highest BCUT2D eigenvalue weighted by atomic mass is 35.5. The fraction of sp³-hybridized carbons (Fsp3) is 0.488. The van der Waals surface area contributed by atoms with Crippen molar-refractivity contribution in [2.45, 2.75) is 64.7 Å². The van der Waals surface area contributed by atoms with Crippen LogP contribution >= 0.6 is 22.9 Å². The molecule has 58 heavy (non-hydrogen) atoms. The Hall–Kier alpha value is -4.63. The van der Waals surface area contributed by atoms with Crippen molar-refractivity contribution < 1.29 is 14.4 Å². The first kappa shape index (κ1) is 40.2. The number of anilines is 5. The van der Waals surface area contributed by atoms with E-state index in [0.717, 1.165) is 69.3 Å². The zero-order valence-corrected chi connectivity index (χ0v) is 35.0. The molecular weight excluding hydrogens is 772 g/mol. The lowest BCUT2D eigenvalue weighted by Crippen LogP contribution is -2.48. The number of hydrogen-bond acceptors (Lipinski definition) is 12. The molecule has 3 amide bonds. The fourth-order valence-corrected chi connectivity index (χ4v) is 9.92. The van der Waals surface area contributed by atoms with Gasteiger partial charge in [-0.05, 0) is 113 Å². The summed E-state index contributed by atoms with van der Waals surface area (Å²) in [5.41, 5.74) is 4.18. The Bertz CT molecular complexity index is 2080. The van der Waals surface area contributed by atoms with E-state index in [4.69, 9.17) is 16.6 Å². The predicted molar refractivity (Wildman–Crippen MR) is 231 cm³/mol. The summed E-state index contributed by atoms with van der Waals surface area (Å²) >= 11 is 7.57. The first-order valence-electron chi connectivity index (χ1n) is 20.6. The molecule has 4 aliphatic rings. The molecule has 0 radical (unpaired) electrons. The minimum atomic E-state index is -0.258. The van der Waals surface area contributed by atoms with Crippen molar-refractivity contribution in [1.82, 2.24) is 30.1 Å². The van der Waals surface area contributed by atoms with Crippen molar-refractivity contribution in [3.8, 4) is 0 Å². The van der Waals surface area contributed by atoms with Crippen molar-refractivity contribution in [3.63, 3.8) is 0 Å². The molecule has 4 saturated heterocycles. The number of benzene rings is 2. The molecule has 4 fully saturated rings. The van der Waals surface area contributed by atoms with Gasteiger partial charge in [-0.15, -0.1) is 0 Å². The number of hydrogen-bond donors (Lipinski definition) is 3. The van der Waals surface area contributed by atoms with Crippen LogP contribution in [0.15, 0.2) is 54.7 Å². The number of amides is 3. The monoisotopic (exact) mass is 824 g/mol. The molecule has 8 rings (SSSR count). The van der Waals surface area contributed by atoms with Gasteiger partial charge < -0.3 is 25.3 Å². The molecule has 2 aromatic heterocycles. The average molecular weight is 825 g/mol. The first-order chi connectivity index (χ1) is 28.1. The molecular formula is C43H53ClN10O3S. The largest absolute Gasteiger partial charge is 0.371 e. The lowest BCUT2D eigenvalue weighted by molar-refractivity contribution is -0.134. The van der Waals surface area contributed by atoms with E-state index in [0.29, 0.717) is 50.6 Å². The number of carbonyl (C=O) groups excluding carboxylic acids is 3. The second-order valence-electron chi connectivity index (χ2n) is 16.3. The Balaban J connectivity index is 0.739. The van der Waals surface area contributed by atoms with Gasteiger partial charge in [-0.3, -0.25) is 24.6 Å². The van der Waals surface area contributed by atoms with Gasteiger partial charge in [-0.25, -0.2) is 15.0 Å².